The fourth-order valence-corrected chi connectivity index (χ4v) is 2.69. The second kappa shape index (κ2) is 6.39. The molecule has 1 rings (SSSR count). The zero-order valence-corrected chi connectivity index (χ0v) is 11.5. The second-order valence-electron chi connectivity index (χ2n) is 5.84. The summed E-state index contributed by atoms with van der Waals surface area (Å²) in [5.74, 6) is 0.0798. The molecule has 1 aliphatic rings. The average Bonchev–Trinajstić information content (AvgIpc) is 2.29. The molecule has 3 nitrogen and oxygen atoms in total. The van der Waals surface area contributed by atoms with Crippen molar-refractivity contribution in [2.24, 2.45) is 11.3 Å². The van der Waals surface area contributed by atoms with E-state index in [2.05, 4.69) is 26.1 Å². The van der Waals surface area contributed by atoms with Crippen molar-refractivity contribution >= 4 is 5.97 Å². The zero-order valence-electron chi connectivity index (χ0n) is 11.5. The van der Waals surface area contributed by atoms with Crippen molar-refractivity contribution in [2.45, 2.75) is 65.3 Å². The summed E-state index contributed by atoms with van der Waals surface area (Å²) in [6.07, 6.45) is 6.02. The van der Waals surface area contributed by atoms with E-state index in [4.69, 9.17) is 0 Å². The molecule has 1 unspecified atom stereocenters. The van der Waals surface area contributed by atoms with Crippen LogP contribution in [-0.2, 0) is 4.79 Å². The molecule has 1 saturated carbocycles. The number of carbonyl (C=O) groups is 1. The lowest BCUT2D eigenvalue weighted by atomic mass is 9.70. The Morgan fingerprint density at radius 2 is 2.06 bits per heavy atom. The molecular weight excluding hydrogens is 214 g/mol. The average molecular weight is 241 g/mol. The summed E-state index contributed by atoms with van der Waals surface area (Å²) in [5, 5.41) is 12.9. The smallest absolute Gasteiger partial charge is 0.310 e. The minimum atomic E-state index is -0.611. The molecule has 0 aliphatic heterocycles. The van der Waals surface area contributed by atoms with Crippen LogP contribution in [0.4, 0.5) is 0 Å². The predicted molar refractivity (Wildman–Crippen MR) is 70.1 cm³/mol. The zero-order chi connectivity index (χ0) is 12.9. The molecule has 0 amide bonds. The van der Waals surface area contributed by atoms with Gasteiger partial charge in [0.25, 0.3) is 0 Å². The number of aliphatic carboxylic acids is 1. The number of carboxylic acid groups (broad SMARTS) is 1. The standard InChI is InChI=1S/C14H27NO2/c1-4-5-12(3)15-10-14(13(16)17)8-6-11(2)7-9-14/h11-12,15H,4-10H2,1-3H3,(H,16,17). The van der Waals surface area contributed by atoms with Crippen molar-refractivity contribution < 1.29 is 9.90 Å². The summed E-state index contributed by atoms with van der Waals surface area (Å²) in [4.78, 5) is 11.5. The maximum atomic E-state index is 11.5. The van der Waals surface area contributed by atoms with Gasteiger partial charge in [-0.05, 0) is 44.9 Å². The van der Waals surface area contributed by atoms with Crippen LogP contribution in [-0.4, -0.2) is 23.7 Å². The third kappa shape index (κ3) is 3.98. The van der Waals surface area contributed by atoms with Crippen LogP contribution in [0.2, 0.25) is 0 Å². The molecule has 0 heterocycles. The third-order valence-electron chi connectivity index (χ3n) is 4.20. The maximum Gasteiger partial charge on any atom is 0.310 e. The van der Waals surface area contributed by atoms with Crippen LogP contribution in [0.5, 0.6) is 0 Å². The van der Waals surface area contributed by atoms with Crippen LogP contribution in [0, 0.1) is 11.3 Å². The molecule has 1 atom stereocenters. The topological polar surface area (TPSA) is 49.3 Å². The molecule has 2 N–H and O–H groups in total. The maximum absolute atomic E-state index is 11.5. The van der Waals surface area contributed by atoms with Gasteiger partial charge in [0.1, 0.15) is 0 Å². The molecule has 17 heavy (non-hydrogen) atoms. The normalized spacial score (nSPS) is 31.1. The molecular formula is C14H27NO2. The summed E-state index contributed by atoms with van der Waals surface area (Å²) < 4.78 is 0. The van der Waals surface area contributed by atoms with E-state index in [1.54, 1.807) is 0 Å². The van der Waals surface area contributed by atoms with Crippen molar-refractivity contribution in [3.8, 4) is 0 Å². The Balaban J connectivity index is 2.51. The van der Waals surface area contributed by atoms with Gasteiger partial charge in [0.2, 0.25) is 0 Å². The van der Waals surface area contributed by atoms with Crippen molar-refractivity contribution in [2.75, 3.05) is 6.54 Å². The molecule has 0 saturated heterocycles. The van der Waals surface area contributed by atoms with Gasteiger partial charge in [-0.15, -0.1) is 0 Å². The van der Waals surface area contributed by atoms with Gasteiger partial charge in [-0.2, -0.15) is 0 Å². The molecule has 100 valence electrons. The van der Waals surface area contributed by atoms with E-state index in [9.17, 15) is 9.90 Å². The Labute approximate surface area is 105 Å². The third-order valence-corrected chi connectivity index (χ3v) is 4.20. The van der Waals surface area contributed by atoms with Crippen LogP contribution >= 0.6 is 0 Å². The van der Waals surface area contributed by atoms with Gasteiger partial charge in [-0.3, -0.25) is 4.79 Å². The van der Waals surface area contributed by atoms with E-state index in [1.807, 2.05) is 0 Å². The highest BCUT2D eigenvalue weighted by molar-refractivity contribution is 5.75. The lowest BCUT2D eigenvalue weighted by Gasteiger charge is -2.36. The lowest BCUT2D eigenvalue weighted by Crippen LogP contribution is -2.45. The molecule has 1 aliphatic carbocycles. The van der Waals surface area contributed by atoms with E-state index in [-0.39, 0.29) is 0 Å². The Morgan fingerprint density at radius 3 is 2.53 bits per heavy atom. The summed E-state index contributed by atoms with van der Waals surface area (Å²) in [5.41, 5.74) is -0.505. The van der Waals surface area contributed by atoms with Crippen LogP contribution in [0.3, 0.4) is 0 Å². The molecule has 0 aromatic heterocycles. The molecule has 0 spiro atoms. The molecule has 0 bridgehead atoms. The Bertz CT molecular complexity index is 245. The Hall–Kier alpha value is -0.570. The highest BCUT2D eigenvalue weighted by Gasteiger charge is 2.40. The van der Waals surface area contributed by atoms with Gasteiger partial charge in [0, 0.05) is 12.6 Å². The molecule has 1 fully saturated rings. The summed E-state index contributed by atoms with van der Waals surface area (Å²) in [6.45, 7) is 7.16. The van der Waals surface area contributed by atoms with Gasteiger partial charge in [0.15, 0.2) is 0 Å². The number of rotatable bonds is 6. The highest BCUT2D eigenvalue weighted by atomic mass is 16.4. The van der Waals surface area contributed by atoms with Crippen LogP contribution < -0.4 is 5.32 Å². The van der Waals surface area contributed by atoms with Crippen molar-refractivity contribution in [3.05, 3.63) is 0 Å². The Kier molecular flexibility index (Phi) is 5.44. The van der Waals surface area contributed by atoms with Crippen LogP contribution in [0.1, 0.15) is 59.3 Å². The Morgan fingerprint density at radius 1 is 1.47 bits per heavy atom. The monoisotopic (exact) mass is 241 g/mol. The number of hydrogen-bond acceptors (Lipinski definition) is 2. The van der Waals surface area contributed by atoms with E-state index >= 15 is 0 Å². The fourth-order valence-electron chi connectivity index (χ4n) is 2.69. The largest absolute Gasteiger partial charge is 0.481 e. The fraction of sp³-hybridized carbons (Fsp3) is 0.929. The summed E-state index contributed by atoms with van der Waals surface area (Å²) in [6, 6.07) is 0.426. The first-order valence-corrected chi connectivity index (χ1v) is 6.97. The van der Waals surface area contributed by atoms with Crippen molar-refractivity contribution in [1.82, 2.24) is 5.32 Å². The van der Waals surface area contributed by atoms with Crippen LogP contribution in [0.15, 0.2) is 0 Å². The van der Waals surface area contributed by atoms with Crippen LogP contribution in [0.25, 0.3) is 0 Å². The summed E-state index contributed by atoms with van der Waals surface area (Å²) >= 11 is 0. The van der Waals surface area contributed by atoms with E-state index in [0.29, 0.717) is 18.5 Å². The molecule has 0 aromatic rings. The number of hydrogen-bond donors (Lipinski definition) is 2. The molecule has 0 radical (unpaired) electrons. The van der Waals surface area contributed by atoms with Crippen molar-refractivity contribution in [1.29, 1.82) is 0 Å². The first kappa shape index (κ1) is 14.5. The van der Waals surface area contributed by atoms with E-state index in [0.717, 1.165) is 38.5 Å². The lowest BCUT2D eigenvalue weighted by molar-refractivity contribution is -0.151. The second-order valence-corrected chi connectivity index (χ2v) is 5.84. The van der Waals surface area contributed by atoms with Gasteiger partial charge in [-0.1, -0.05) is 20.3 Å². The first-order chi connectivity index (χ1) is 8.00. The highest BCUT2D eigenvalue weighted by Crippen LogP contribution is 2.38. The van der Waals surface area contributed by atoms with Gasteiger partial charge in [-0.25, -0.2) is 0 Å². The van der Waals surface area contributed by atoms with E-state index < -0.39 is 11.4 Å². The number of carboxylic acids is 1. The minimum absolute atomic E-state index is 0.426. The number of nitrogens with one attached hydrogen (secondary N) is 1. The van der Waals surface area contributed by atoms with Crippen molar-refractivity contribution in [3.63, 3.8) is 0 Å². The summed E-state index contributed by atoms with van der Waals surface area (Å²) in [7, 11) is 0. The molecule has 0 aromatic carbocycles. The van der Waals surface area contributed by atoms with Gasteiger partial charge < -0.3 is 10.4 Å². The van der Waals surface area contributed by atoms with Gasteiger partial charge in [0.05, 0.1) is 5.41 Å². The predicted octanol–water partition coefficient (Wildman–Crippen LogP) is 3.05. The van der Waals surface area contributed by atoms with Gasteiger partial charge >= 0.3 is 5.97 Å². The minimum Gasteiger partial charge on any atom is -0.481 e. The molecule has 3 heteroatoms. The SMILES string of the molecule is CCCC(C)NCC1(C(=O)O)CCC(C)CC1. The van der Waals surface area contributed by atoms with E-state index in [1.165, 1.54) is 0 Å². The first-order valence-electron chi connectivity index (χ1n) is 6.97. The quantitative estimate of drug-likeness (QED) is 0.751.